The van der Waals surface area contributed by atoms with Crippen LogP contribution in [0, 0.1) is 19.7 Å². The van der Waals surface area contributed by atoms with Crippen molar-refractivity contribution >= 4 is 34.1 Å². The number of carbonyl (C=O) groups is 1. The van der Waals surface area contributed by atoms with Crippen LogP contribution in [0.15, 0.2) is 54.7 Å². The highest BCUT2D eigenvalue weighted by Crippen LogP contribution is 2.27. The molecular weight excluding hydrogens is 405 g/mol. The van der Waals surface area contributed by atoms with Crippen molar-refractivity contribution in [3.05, 3.63) is 71.7 Å². The van der Waals surface area contributed by atoms with Gasteiger partial charge in [0.05, 0.1) is 16.6 Å². The molecule has 0 aliphatic carbocycles. The zero-order valence-electron chi connectivity index (χ0n) is 18.3. The van der Waals surface area contributed by atoms with E-state index in [0.29, 0.717) is 25.2 Å². The summed E-state index contributed by atoms with van der Waals surface area (Å²) < 4.78 is 15.9. The van der Waals surface area contributed by atoms with E-state index in [1.54, 1.807) is 6.07 Å². The highest BCUT2D eigenvalue weighted by molar-refractivity contribution is 5.90. The fraction of sp³-hybridized carbons (Fsp3) is 0.280. The lowest BCUT2D eigenvalue weighted by atomic mass is 10.1. The summed E-state index contributed by atoms with van der Waals surface area (Å²) in [7, 11) is 0. The van der Waals surface area contributed by atoms with Gasteiger partial charge in [0.25, 0.3) is 0 Å². The lowest BCUT2D eigenvalue weighted by molar-refractivity contribution is 0.215. The first kappa shape index (κ1) is 20.3. The molecule has 1 fully saturated rings. The minimum Gasteiger partial charge on any atom is -0.353 e. The lowest BCUT2D eigenvalue weighted by Crippen LogP contribution is -2.38. The molecule has 3 heterocycles. The van der Waals surface area contributed by atoms with Gasteiger partial charge in [-0.3, -0.25) is 0 Å². The molecule has 1 aliphatic rings. The van der Waals surface area contributed by atoms with E-state index in [1.165, 1.54) is 12.1 Å². The molecule has 0 saturated carbocycles. The highest BCUT2D eigenvalue weighted by Gasteiger charge is 2.22. The van der Waals surface area contributed by atoms with E-state index in [9.17, 15) is 9.18 Å². The Bertz CT molecular complexity index is 1310. The summed E-state index contributed by atoms with van der Waals surface area (Å²) >= 11 is 0. The Labute approximate surface area is 186 Å². The van der Waals surface area contributed by atoms with Crippen LogP contribution in [0.25, 0.3) is 16.6 Å². The maximum atomic E-state index is 13.9. The predicted octanol–water partition coefficient (Wildman–Crippen LogP) is 4.99. The number of halogens is 1. The average molecular weight is 432 g/mol. The van der Waals surface area contributed by atoms with E-state index in [-0.39, 0.29) is 11.8 Å². The van der Waals surface area contributed by atoms with Crippen molar-refractivity contribution in [2.24, 2.45) is 0 Å². The molecule has 2 aromatic heterocycles. The monoisotopic (exact) mass is 431 g/mol. The number of nitrogens with one attached hydrogen (secondary N) is 1. The largest absolute Gasteiger partial charge is 0.353 e. The molecule has 7 heteroatoms. The zero-order chi connectivity index (χ0) is 22.2. The molecule has 164 valence electrons. The molecule has 2 aromatic carbocycles. The van der Waals surface area contributed by atoms with Crippen molar-refractivity contribution in [1.82, 2.24) is 14.3 Å². The molecule has 0 bridgehead atoms. The van der Waals surface area contributed by atoms with Crippen LogP contribution in [0.2, 0.25) is 0 Å². The van der Waals surface area contributed by atoms with Crippen LogP contribution in [0.4, 0.5) is 20.7 Å². The Morgan fingerprint density at radius 1 is 1.00 bits per heavy atom. The SMILES string of the molecule is Cc1cccc(NC(=O)N2CCCN(c3nc4cc(F)ccc4n4cccc34)CC2)c1C. The molecule has 1 saturated heterocycles. The van der Waals surface area contributed by atoms with Crippen molar-refractivity contribution in [1.29, 1.82) is 0 Å². The number of nitrogens with zero attached hydrogens (tertiary/aromatic N) is 4. The van der Waals surface area contributed by atoms with Gasteiger partial charge in [0.15, 0.2) is 5.82 Å². The number of hydrogen-bond acceptors (Lipinski definition) is 3. The quantitative estimate of drug-likeness (QED) is 0.487. The van der Waals surface area contributed by atoms with Crippen LogP contribution in [0.5, 0.6) is 0 Å². The van der Waals surface area contributed by atoms with Gasteiger partial charge in [-0.1, -0.05) is 12.1 Å². The van der Waals surface area contributed by atoms with E-state index in [1.807, 2.05) is 59.7 Å². The summed E-state index contributed by atoms with van der Waals surface area (Å²) in [6.07, 6.45) is 2.80. The van der Waals surface area contributed by atoms with Crippen LogP contribution in [0.1, 0.15) is 17.5 Å². The molecule has 5 rings (SSSR count). The van der Waals surface area contributed by atoms with Crippen molar-refractivity contribution in [3.8, 4) is 0 Å². The number of aromatic nitrogens is 2. The van der Waals surface area contributed by atoms with Crippen LogP contribution >= 0.6 is 0 Å². The summed E-state index contributed by atoms with van der Waals surface area (Å²) in [6.45, 7) is 6.77. The third-order valence-electron chi connectivity index (χ3n) is 6.33. The number of benzene rings is 2. The van der Waals surface area contributed by atoms with E-state index in [4.69, 9.17) is 4.98 Å². The number of amides is 2. The average Bonchev–Trinajstić information content (AvgIpc) is 3.14. The second kappa shape index (κ2) is 8.15. The van der Waals surface area contributed by atoms with Gasteiger partial charge in [0.1, 0.15) is 5.82 Å². The number of hydrogen-bond donors (Lipinski definition) is 1. The van der Waals surface area contributed by atoms with E-state index in [2.05, 4.69) is 10.2 Å². The minimum absolute atomic E-state index is 0.0816. The third kappa shape index (κ3) is 3.64. The van der Waals surface area contributed by atoms with Crippen LogP contribution in [-0.2, 0) is 0 Å². The molecule has 0 spiro atoms. The van der Waals surface area contributed by atoms with Gasteiger partial charge in [0.2, 0.25) is 0 Å². The van der Waals surface area contributed by atoms with Gasteiger partial charge >= 0.3 is 6.03 Å². The first-order valence-corrected chi connectivity index (χ1v) is 10.9. The molecule has 0 atom stereocenters. The number of aryl methyl sites for hydroxylation is 1. The van der Waals surface area contributed by atoms with Gasteiger partial charge in [-0.05, 0) is 61.7 Å². The Kier molecular flexibility index (Phi) is 5.17. The Hall–Kier alpha value is -3.61. The summed E-state index contributed by atoms with van der Waals surface area (Å²) in [4.78, 5) is 21.8. The van der Waals surface area contributed by atoms with Gasteiger partial charge in [0, 0.05) is 44.1 Å². The third-order valence-corrected chi connectivity index (χ3v) is 6.33. The van der Waals surface area contributed by atoms with Gasteiger partial charge in [-0.15, -0.1) is 0 Å². The standard InChI is InChI=1S/C25H26FN5O/c1-17-6-3-7-20(18(17)2)28-25(32)30-12-5-11-29(14-15-30)24-23-8-4-13-31(23)22-10-9-19(26)16-21(22)27-24/h3-4,6-10,13,16H,5,11-12,14-15H2,1-2H3,(H,28,32). The Balaban J connectivity index is 1.38. The van der Waals surface area contributed by atoms with E-state index in [0.717, 1.165) is 46.6 Å². The molecular formula is C25H26FN5O. The fourth-order valence-electron chi connectivity index (χ4n) is 4.38. The van der Waals surface area contributed by atoms with E-state index >= 15 is 0 Å². The first-order valence-electron chi connectivity index (χ1n) is 10.9. The zero-order valence-corrected chi connectivity index (χ0v) is 18.3. The number of anilines is 2. The Morgan fingerprint density at radius 2 is 1.88 bits per heavy atom. The van der Waals surface area contributed by atoms with E-state index < -0.39 is 0 Å². The fourth-order valence-corrected chi connectivity index (χ4v) is 4.38. The molecule has 4 aromatic rings. The maximum Gasteiger partial charge on any atom is 0.321 e. The predicted molar refractivity (Wildman–Crippen MR) is 126 cm³/mol. The minimum atomic E-state index is -0.299. The normalized spacial score (nSPS) is 14.7. The highest BCUT2D eigenvalue weighted by atomic mass is 19.1. The summed E-state index contributed by atoms with van der Waals surface area (Å²) in [5.41, 5.74) is 5.57. The Morgan fingerprint density at radius 3 is 2.75 bits per heavy atom. The maximum absolute atomic E-state index is 13.9. The smallest absolute Gasteiger partial charge is 0.321 e. The molecule has 2 amide bonds. The van der Waals surface area contributed by atoms with Crippen molar-refractivity contribution in [2.75, 3.05) is 36.4 Å². The first-order chi connectivity index (χ1) is 15.5. The molecule has 0 unspecified atom stereocenters. The van der Waals surface area contributed by atoms with Crippen LogP contribution in [-0.4, -0.2) is 46.5 Å². The number of fused-ring (bicyclic) bond motifs is 3. The van der Waals surface area contributed by atoms with Crippen LogP contribution < -0.4 is 10.2 Å². The van der Waals surface area contributed by atoms with Crippen molar-refractivity contribution in [3.63, 3.8) is 0 Å². The second-order valence-electron chi connectivity index (χ2n) is 8.34. The molecule has 32 heavy (non-hydrogen) atoms. The molecule has 6 nitrogen and oxygen atoms in total. The molecule has 1 N–H and O–H groups in total. The topological polar surface area (TPSA) is 52.9 Å². The summed E-state index contributed by atoms with van der Waals surface area (Å²) in [5.74, 6) is 0.525. The van der Waals surface area contributed by atoms with Gasteiger partial charge < -0.3 is 19.5 Å². The lowest BCUT2D eigenvalue weighted by Gasteiger charge is -2.24. The van der Waals surface area contributed by atoms with Crippen molar-refractivity contribution in [2.45, 2.75) is 20.3 Å². The summed E-state index contributed by atoms with van der Waals surface area (Å²) in [6, 6.07) is 14.6. The number of urea groups is 1. The molecule has 0 radical (unpaired) electrons. The number of rotatable bonds is 2. The van der Waals surface area contributed by atoms with Crippen LogP contribution in [0.3, 0.4) is 0 Å². The van der Waals surface area contributed by atoms with Gasteiger partial charge in [-0.25, -0.2) is 14.2 Å². The van der Waals surface area contributed by atoms with Gasteiger partial charge in [-0.2, -0.15) is 0 Å². The molecule has 1 aliphatic heterocycles. The number of carbonyl (C=O) groups excluding carboxylic acids is 1. The summed E-state index contributed by atoms with van der Waals surface area (Å²) in [5, 5.41) is 3.07. The second-order valence-corrected chi connectivity index (χ2v) is 8.34. The van der Waals surface area contributed by atoms with Crippen molar-refractivity contribution < 1.29 is 9.18 Å².